The number of rotatable bonds is 3. The van der Waals surface area contributed by atoms with Gasteiger partial charge < -0.3 is 14.8 Å². The Labute approximate surface area is 168 Å². The highest BCUT2D eigenvalue weighted by atomic mass is 35.5. The molecule has 2 aromatic carbocycles. The number of carbonyl (C=O) groups excluding carboxylic acids is 1. The Kier molecular flexibility index (Phi) is 4.79. The first-order chi connectivity index (χ1) is 13.0. The van der Waals surface area contributed by atoms with Crippen LogP contribution in [0.3, 0.4) is 0 Å². The standard InChI is InChI=1S/C21H19Cl2NO3/c1-26-11-9-15-20(17(10-11)27-2)18(12-5-3-6-13(22)21(12)23)19-14(24-15)7-4-8-16(19)25/h3,5-6,9-10,18,24H,4,7-8H2,1-2H3/t18-/m1/s1. The van der Waals surface area contributed by atoms with Gasteiger partial charge in [0, 0.05) is 47.0 Å². The molecule has 1 aliphatic heterocycles. The number of allylic oxidation sites excluding steroid dienone is 2. The minimum Gasteiger partial charge on any atom is -0.497 e. The van der Waals surface area contributed by atoms with Gasteiger partial charge in [-0.3, -0.25) is 4.79 Å². The molecule has 0 spiro atoms. The number of Topliss-reactive ketones (excluding diaryl/α,β-unsaturated/α-hetero) is 1. The van der Waals surface area contributed by atoms with Gasteiger partial charge in [0.05, 0.1) is 24.3 Å². The lowest BCUT2D eigenvalue weighted by Gasteiger charge is -2.35. The summed E-state index contributed by atoms with van der Waals surface area (Å²) < 4.78 is 11.1. The fourth-order valence-electron chi connectivity index (χ4n) is 3.98. The van der Waals surface area contributed by atoms with Crippen LogP contribution >= 0.6 is 23.2 Å². The third-order valence-corrected chi connectivity index (χ3v) is 6.02. The number of benzene rings is 2. The quantitative estimate of drug-likeness (QED) is 0.726. The van der Waals surface area contributed by atoms with Gasteiger partial charge in [-0.25, -0.2) is 0 Å². The van der Waals surface area contributed by atoms with Crippen molar-refractivity contribution < 1.29 is 14.3 Å². The SMILES string of the molecule is COc1cc2c(c(OC)c1)[C@H](c1cccc(Cl)c1Cl)C1=C(CCCC1=O)N2. The first-order valence-electron chi connectivity index (χ1n) is 8.78. The molecule has 2 aromatic rings. The van der Waals surface area contributed by atoms with E-state index < -0.39 is 0 Å². The van der Waals surface area contributed by atoms with Crippen LogP contribution in [0, 0.1) is 0 Å². The molecule has 1 aliphatic carbocycles. The van der Waals surface area contributed by atoms with Gasteiger partial charge in [0.15, 0.2) is 5.78 Å². The highest BCUT2D eigenvalue weighted by molar-refractivity contribution is 6.42. The zero-order valence-electron chi connectivity index (χ0n) is 15.1. The van der Waals surface area contributed by atoms with Crippen LogP contribution in [0.25, 0.3) is 0 Å². The lowest BCUT2D eigenvalue weighted by Crippen LogP contribution is -2.27. The number of nitrogens with one attached hydrogen (secondary N) is 1. The third-order valence-electron chi connectivity index (χ3n) is 5.18. The van der Waals surface area contributed by atoms with E-state index in [1.807, 2.05) is 24.3 Å². The van der Waals surface area contributed by atoms with Crippen LogP contribution in [0.2, 0.25) is 10.0 Å². The summed E-state index contributed by atoms with van der Waals surface area (Å²) in [6.45, 7) is 0. The van der Waals surface area contributed by atoms with E-state index in [4.69, 9.17) is 32.7 Å². The Bertz CT molecular complexity index is 968. The Morgan fingerprint density at radius 1 is 1.11 bits per heavy atom. The number of hydrogen-bond donors (Lipinski definition) is 1. The summed E-state index contributed by atoms with van der Waals surface area (Å²) in [5.74, 6) is 1.12. The van der Waals surface area contributed by atoms with Crippen molar-refractivity contribution in [3.8, 4) is 11.5 Å². The third kappa shape index (κ3) is 2.97. The van der Waals surface area contributed by atoms with Crippen LogP contribution in [-0.4, -0.2) is 20.0 Å². The highest BCUT2D eigenvalue weighted by Crippen LogP contribution is 2.51. The van der Waals surface area contributed by atoms with Crippen molar-refractivity contribution in [2.75, 3.05) is 19.5 Å². The molecule has 0 radical (unpaired) electrons. The fourth-order valence-corrected chi connectivity index (χ4v) is 4.40. The maximum Gasteiger partial charge on any atom is 0.161 e. The minimum atomic E-state index is -0.337. The van der Waals surface area contributed by atoms with E-state index in [-0.39, 0.29) is 11.7 Å². The summed E-state index contributed by atoms with van der Waals surface area (Å²) in [4.78, 5) is 12.9. The Morgan fingerprint density at radius 2 is 1.93 bits per heavy atom. The van der Waals surface area contributed by atoms with Gasteiger partial charge >= 0.3 is 0 Å². The fraction of sp³-hybridized carbons (Fsp3) is 0.286. The van der Waals surface area contributed by atoms with Crippen LogP contribution in [0.5, 0.6) is 11.5 Å². The van der Waals surface area contributed by atoms with Gasteiger partial charge in [0.1, 0.15) is 11.5 Å². The van der Waals surface area contributed by atoms with Crippen molar-refractivity contribution >= 4 is 34.7 Å². The summed E-state index contributed by atoms with van der Waals surface area (Å²) in [5.41, 5.74) is 4.23. The monoisotopic (exact) mass is 403 g/mol. The number of hydrogen-bond acceptors (Lipinski definition) is 4. The van der Waals surface area contributed by atoms with E-state index in [1.165, 1.54) is 0 Å². The first-order valence-corrected chi connectivity index (χ1v) is 9.53. The van der Waals surface area contributed by atoms with Crippen molar-refractivity contribution in [2.24, 2.45) is 0 Å². The van der Waals surface area contributed by atoms with E-state index in [1.54, 1.807) is 20.3 Å². The summed E-state index contributed by atoms with van der Waals surface area (Å²) in [6.07, 6.45) is 2.18. The largest absolute Gasteiger partial charge is 0.497 e. The number of ketones is 1. The topological polar surface area (TPSA) is 47.6 Å². The maximum atomic E-state index is 12.9. The maximum absolute atomic E-state index is 12.9. The molecular formula is C21H19Cl2NO3. The normalized spacial score (nSPS) is 18.5. The Hall–Kier alpha value is -2.17. The van der Waals surface area contributed by atoms with Crippen LogP contribution in [0.15, 0.2) is 41.6 Å². The zero-order valence-corrected chi connectivity index (χ0v) is 16.6. The number of fused-ring (bicyclic) bond motifs is 1. The lowest BCUT2D eigenvalue weighted by molar-refractivity contribution is -0.116. The van der Waals surface area contributed by atoms with Gasteiger partial charge in [-0.1, -0.05) is 35.3 Å². The van der Waals surface area contributed by atoms with E-state index in [9.17, 15) is 4.79 Å². The lowest BCUT2D eigenvalue weighted by atomic mass is 9.75. The number of halogens is 2. The highest BCUT2D eigenvalue weighted by Gasteiger charge is 2.38. The van der Waals surface area contributed by atoms with E-state index in [2.05, 4.69) is 5.32 Å². The molecule has 4 rings (SSSR count). The molecule has 0 saturated heterocycles. The van der Waals surface area contributed by atoms with E-state index in [0.29, 0.717) is 28.0 Å². The molecule has 1 atom stereocenters. The van der Waals surface area contributed by atoms with Gasteiger partial charge in [-0.2, -0.15) is 0 Å². The average Bonchev–Trinajstić information content (AvgIpc) is 2.68. The smallest absolute Gasteiger partial charge is 0.161 e. The van der Waals surface area contributed by atoms with E-state index in [0.717, 1.165) is 40.9 Å². The van der Waals surface area contributed by atoms with Gasteiger partial charge in [-0.15, -0.1) is 0 Å². The van der Waals surface area contributed by atoms with E-state index >= 15 is 0 Å². The molecule has 0 fully saturated rings. The number of carbonyl (C=O) groups is 1. The van der Waals surface area contributed by atoms with Crippen molar-refractivity contribution in [2.45, 2.75) is 25.2 Å². The molecule has 140 valence electrons. The van der Waals surface area contributed by atoms with Crippen LogP contribution in [-0.2, 0) is 4.79 Å². The second-order valence-corrected chi connectivity index (χ2v) is 7.45. The molecule has 1 N–H and O–H groups in total. The number of ether oxygens (including phenoxy) is 2. The van der Waals surface area contributed by atoms with Gasteiger partial charge in [-0.05, 0) is 24.5 Å². The van der Waals surface area contributed by atoms with Gasteiger partial charge in [0.2, 0.25) is 0 Å². The molecule has 0 bridgehead atoms. The number of methoxy groups -OCH3 is 2. The molecule has 6 heteroatoms. The van der Waals surface area contributed by atoms with Crippen molar-refractivity contribution in [3.05, 3.63) is 62.8 Å². The summed E-state index contributed by atoms with van der Waals surface area (Å²) in [7, 11) is 3.22. The molecule has 0 unspecified atom stereocenters. The predicted octanol–water partition coefficient (Wildman–Crippen LogP) is 5.58. The molecule has 4 nitrogen and oxygen atoms in total. The summed E-state index contributed by atoms with van der Waals surface area (Å²) in [5, 5.41) is 4.36. The van der Waals surface area contributed by atoms with Crippen molar-refractivity contribution in [1.29, 1.82) is 0 Å². The van der Waals surface area contributed by atoms with Crippen LogP contribution in [0.4, 0.5) is 5.69 Å². The van der Waals surface area contributed by atoms with Gasteiger partial charge in [0.25, 0.3) is 0 Å². The molecule has 0 saturated carbocycles. The van der Waals surface area contributed by atoms with Crippen molar-refractivity contribution in [3.63, 3.8) is 0 Å². The zero-order chi connectivity index (χ0) is 19.1. The van der Waals surface area contributed by atoms with Crippen molar-refractivity contribution in [1.82, 2.24) is 0 Å². The molecule has 0 amide bonds. The molecule has 2 aliphatic rings. The average molecular weight is 404 g/mol. The summed E-state index contributed by atoms with van der Waals surface area (Å²) in [6, 6.07) is 9.27. The first kappa shape index (κ1) is 18.2. The molecule has 1 heterocycles. The minimum absolute atomic E-state index is 0.133. The number of anilines is 1. The Morgan fingerprint density at radius 3 is 2.67 bits per heavy atom. The molecule has 0 aromatic heterocycles. The molecule has 27 heavy (non-hydrogen) atoms. The Balaban J connectivity index is 2.03. The molecular weight excluding hydrogens is 385 g/mol. The second-order valence-electron chi connectivity index (χ2n) is 6.66. The predicted molar refractivity (Wildman–Crippen MR) is 107 cm³/mol. The second kappa shape index (κ2) is 7.10. The van der Waals surface area contributed by atoms with Crippen LogP contribution < -0.4 is 14.8 Å². The summed E-state index contributed by atoms with van der Waals surface area (Å²) >= 11 is 12.9. The van der Waals surface area contributed by atoms with Crippen LogP contribution in [0.1, 0.15) is 36.3 Å².